The fourth-order valence-corrected chi connectivity index (χ4v) is 6.55. The molecule has 0 atom stereocenters. The molecule has 4 aromatic heterocycles. The third-order valence-electron chi connectivity index (χ3n) is 8.80. The Morgan fingerprint density at radius 2 is 0.760 bits per heavy atom. The predicted octanol–water partition coefficient (Wildman–Crippen LogP) is 11.8. The zero-order valence-electron chi connectivity index (χ0n) is 25.4. The van der Waals surface area contributed by atoms with Gasteiger partial charge in [-0.15, -0.1) is 0 Å². The van der Waals surface area contributed by atoms with Gasteiger partial charge < -0.3 is 8.83 Å². The molecular weight excluding hydrogens is 654 g/mol. The van der Waals surface area contributed by atoms with Gasteiger partial charge in [0.05, 0.1) is 11.1 Å². The lowest BCUT2D eigenvalue weighted by Crippen LogP contribution is -1.92. The maximum atomic E-state index is 14.6. The Hall–Kier alpha value is -6.42. The summed E-state index contributed by atoms with van der Waals surface area (Å²) >= 11 is 0. The van der Waals surface area contributed by atoms with E-state index in [4.69, 9.17) is 8.83 Å². The average Bonchev–Trinajstić information content (AvgIpc) is 3.65. The molecule has 0 radical (unpaired) electrons. The highest BCUT2D eigenvalue weighted by atomic mass is 19.2. The first-order valence-corrected chi connectivity index (χ1v) is 15.3. The van der Waals surface area contributed by atoms with E-state index < -0.39 is 34.9 Å². The van der Waals surface area contributed by atoms with Gasteiger partial charge in [-0.1, -0.05) is 36.4 Å². The molecule has 0 fully saturated rings. The molecule has 5 aromatic carbocycles. The standard InChI is InChI=1S/C40H18F6N2O2/c41-23-15-29(43)35(30(44)16-23)21-5-7-33-27(13-21)37-39(49-33)25(9-11-47-37)19-1-2-20(4-3-19)26-10-12-48-38-28-14-22(6-8-34(28)50-40(26)38)36-31(45)17-24(42)18-32(36)46/h1-18H. The summed E-state index contributed by atoms with van der Waals surface area (Å²) in [6.45, 7) is 0. The number of benzene rings is 5. The Bertz CT molecular complexity index is 2600. The van der Waals surface area contributed by atoms with Crippen LogP contribution in [0.5, 0.6) is 0 Å². The van der Waals surface area contributed by atoms with Crippen LogP contribution in [0, 0.1) is 34.9 Å². The molecule has 9 aromatic rings. The third kappa shape index (κ3) is 4.63. The molecule has 0 saturated carbocycles. The molecule has 0 aliphatic heterocycles. The van der Waals surface area contributed by atoms with E-state index in [2.05, 4.69) is 9.97 Å². The van der Waals surface area contributed by atoms with Crippen LogP contribution in [0.4, 0.5) is 26.3 Å². The highest BCUT2D eigenvalue weighted by Crippen LogP contribution is 2.40. The molecule has 4 heterocycles. The maximum Gasteiger partial charge on any atom is 0.161 e. The van der Waals surface area contributed by atoms with Gasteiger partial charge in [-0.25, -0.2) is 26.3 Å². The predicted molar refractivity (Wildman–Crippen MR) is 178 cm³/mol. The smallest absolute Gasteiger partial charge is 0.161 e. The molecular formula is C40H18F6N2O2. The molecule has 4 nitrogen and oxygen atoms in total. The summed E-state index contributed by atoms with van der Waals surface area (Å²) in [5.41, 5.74) is 5.65. The molecule has 242 valence electrons. The lowest BCUT2D eigenvalue weighted by molar-refractivity contribution is 0.547. The van der Waals surface area contributed by atoms with Crippen LogP contribution in [0.25, 0.3) is 88.6 Å². The number of nitrogens with zero attached hydrogens (tertiary/aromatic N) is 2. The van der Waals surface area contributed by atoms with Gasteiger partial charge in [0.1, 0.15) is 57.1 Å². The second-order valence-corrected chi connectivity index (χ2v) is 11.8. The minimum atomic E-state index is -1.02. The fraction of sp³-hybridized carbons (Fsp3) is 0. The minimum absolute atomic E-state index is 0.215. The van der Waals surface area contributed by atoms with Gasteiger partial charge in [-0.3, -0.25) is 9.97 Å². The third-order valence-corrected chi connectivity index (χ3v) is 8.80. The maximum absolute atomic E-state index is 14.6. The summed E-state index contributed by atoms with van der Waals surface area (Å²) in [4.78, 5) is 8.98. The number of aromatic nitrogens is 2. The van der Waals surface area contributed by atoms with E-state index >= 15 is 0 Å². The molecule has 0 aliphatic rings. The van der Waals surface area contributed by atoms with Crippen LogP contribution >= 0.6 is 0 Å². The first kappa shape index (κ1) is 29.7. The fourth-order valence-electron chi connectivity index (χ4n) is 6.55. The van der Waals surface area contributed by atoms with Crippen LogP contribution in [0.1, 0.15) is 0 Å². The zero-order valence-corrected chi connectivity index (χ0v) is 25.4. The monoisotopic (exact) mass is 672 g/mol. The topological polar surface area (TPSA) is 52.1 Å². The van der Waals surface area contributed by atoms with E-state index in [0.29, 0.717) is 68.4 Å². The van der Waals surface area contributed by atoms with Gasteiger partial charge in [0.25, 0.3) is 0 Å². The van der Waals surface area contributed by atoms with Crippen molar-refractivity contribution in [3.05, 3.63) is 144 Å². The number of furan rings is 2. The van der Waals surface area contributed by atoms with Gasteiger partial charge in [0, 0.05) is 58.6 Å². The number of hydrogen-bond donors (Lipinski definition) is 0. The molecule has 0 amide bonds. The van der Waals surface area contributed by atoms with Crippen molar-refractivity contribution in [2.75, 3.05) is 0 Å². The Kier molecular flexibility index (Phi) is 6.57. The van der Waals surface area contributed by atoms with Gasteiger partial charge >= 0.3 is 0 Å². The molecule has 0 unspecified atom stereocenters. The second-order valence-electron chi connectivity index (χ2n) is 11.8. The number of pyridine rings is 2. The van der Waals surface area contributed by atoms with E-state index in [1.165, 1.54) is 12.1 Å². The summed E-state index contributed by atoms with van der Waals surface area (Å²) in [7, 11) is 0. The lowest BCUT2D eigenvalue weighted by atomic mass is 9.99. The summed E-state index contributed by atoms with van der Waals surface area (Å²) in [5, 5.41) is 1.08. The normalized spacial score (nSPS) is 11.8. The van der Waals surface area contributed by atoms with Crippen LogP contribution in [-0.4, -0.2) is 9.97 Å². The van der Waals surface area contributed by atoms with Crippen molar-refractivity contribution in [1.82, 2.24) is 9.97 Å². The minimum Gasteiger partial charge on any atom is -0.454 e. The van der Waals surface area contributed by atoms with Crippen molar-refractivity contribution in [2.45, 2.75) is 0 Å². The van der Waals surface area contributed by atoms with Crippen molar-refractivity contribution in [3.63, 3.8) is 0 Å². The van der Waals surface area contributed by atoms with E-state index in [-0.39, 0.29) is 22.3 Å². The molecule has 0 spiro atoms. The van der Waals surface area contributed by atoms with Crippen LogP contribution in [0.3, 0.4) is 0 Å². The molecule has 0 aliphatic carbocycles. The van der Waals surface area contributed by atoms with Crippen LogP contribution < -0.4 is 0 Å². The van der Waals surface area contributed by atoms with Gasteiger partial charge in [0.2, 0.25) is 0 Å². The Labute approximate surface area is 277 Å². The summed E-state index contributed by atoms with van der Waals surface area (Å²) in [6, 6.07) is 23.1. The highest BCUT2D eigenvalue weighted by molar-refractivity contribution is 6.10. The molecule has 50 heavy (non-hydrogen) atoms. The average molecular weight is 673 g/mol. The highest BCUT2D eigenvalue weighted by Gasteiger charge is 2.20. The van der Waals surface area contributed by atoms with Crippen molar-refractivity contribution in [2.24, 2.45) is 0 Å². The molecule has 9 rings (SSSR count). The van der Waals surface area contributed by atoms with Gasteiger partial charge in [-0.2, -0.15) is 0 Å². The summed E-state index contributed by atoms with van der Waals surface area (Å²) < 4.78 is 97.7. The van der Waals surface area contributed by atoms with E-state index in [9.17, 15) is 26.3 Å². The Morgan fingerprint density at radius 1 is 0.400 bits per heavy atom. The number of fused-ring (bicyclic) bond motifs is 6. The summed E-state index contributed by atoms with van der Waals surface area (Å²) in [5.74, 6) is -6.07. The number of hydrogen-bond acceptors (Lipinski definition) is 4. The van der Waals surface area contributed by atoms with E-state index in [0.717, 1.165) is 22.3 Å². The molecule has 10 heteroatoms. The van der Waals surface area contributed by atoms with Crippen molar-refractivity contribution in [1.29, 1.82) is 0 Å². The van der Waals surface area contributed by atoms with Crippen LogP contribution in [0.15, 0.2) is 118 Å². The Balaban J connectivity index is 1.10. The van der Waals surface area contributed by atoms with E-state index in [1.807, 2.05) is 24.3 Å². The quantitative estimate of drug-likeness (QED) is 0.175. The first-order valence-electron chi connectivity index (χ1n) is 15.3. The number of rotatable bonds is 4. The molecule has 0 bridgehead atoms. The molecule has 0 saturated heterocycles. The van der Waals surface area contributed by atoms with Gasteiger partial charge in [0.15, 0.2) is 11.2 Å². The van der Waals surface area contributed by atoms with Crippen LogP contribution in [-0.2, 0) is 0 Å². The zero-order chi connectivity index (χ0) is 34.3. The Morgan fingerprint density at radius 3 is 1.14 bits per heavy atom. The lowest BCUT2D eigenvalue weighted by Gasteiger charge is -2.06. The second kappa shape index (κ2) is 11.1. The van der Waals surface area contributed by atoms with Gasteiger partial charge in [-0.05, 0) is 58.7 Å². The SMILES string of the molecule is Fc1cc(F)c(-c2ccc3oc4c(-c5ccc(-c6ccnc7c6oc6ccc(-c8c(F)cc(F)cc8F)cc67)cc5)ccnc4c3c2)c(F)c1. The van der Waals surface area contributed by atoms with Crippen molar-refractivity contribution >= 4 is 44.1 Å². The number of halogens is 6. The summed E-state index contributed by atoms with van der Waals surface area (Å²) in [6.07, 6.45) is 3.23. The van der Waals surface area contributed by atoms with Crippen LogP contribution in [0.2, 0.25) is 0 Å². The largest absolute Gasteiger partial charge is 0.454 e. The first-order chi connectivity index (χ1) is 24.2. The van der Waals surface area contributed by atoms with Crippen molar-refractivity contribution < 1.29 is 35.2 Å². The molecule has 0 N–H and O–H groups in total. The van der Waals surface area contributed by atoms with Crippen molar-refractivity contribution in [3.8, 4) is 44.5 Å². The van der Waals surface area contributed by atoms with E-state index in [1.54, 1.807) is 48.8 Å².